The molecule has 1 aliphatic heterocycles. The van der Waals surface area contributed by atoms with Crippen molar-refractivity contribution >= 4 is 17.0 Å². The van der Waals surface area contributed by atoms with Crippen LogP contribution in [0, 0.1) is 0 Å². The van der Waals surface area contributed by atoms with Crippen molar-refractivity contribution in [3.63, 3.8) is 0 Å². The van der Waals surface area contributed by atoms with Gasteiger partial charge in [-0.05, 0) is 0 Å². The minimum absolute atomic E-state index is 0.259. The van der Waals surface area contributed by atoms with E-state index >= 15 is 0 Å². The number of hydrogen-bond donors (Lipinski definition) is 4. The lowest BCUT2D eigenvalue weighted by Gasteiger charge is -2.17. The van der Waals surface area contributed by atoms with Gasteiger partial charge in [-0.1, -0.05) is 0 Å². The topological polar surface area (TPSA) is 145 Å². The third-order valence-corrected chi connectivity index (χ3v) is 3.26. The number of nitrogens with zero attached hydrogens (tertiary/aromatic N) is 4. The zero-order valence-electron chi connectivity index (χ0n) is 9.92. The first-order chi connectivity index (χ1) is 9.13. The highest BCUT2D eigenvalue weighted by molar-refractivity contribution is 5.81. The molecule has 4 atom stereocenters. The minimum Gasteiger partial charge on any atom is -0.394 e. The average Bonchev–Trinajstić information content (AvgIpc) is 2.94. The van der Waals surface area contributed by atoms with Gasteiger partial charge in [0.05, 0.1) is 19.0 Å². The van der Waals surface area contributed by atoms with Crippen LogP contribution in [0.1, 0.15) is 6.23 Å². The van der Waals surface area contributed by atoms with Crippen LogP contribution >= 0.6 is 0 Å². The summed E-state index contributed by atoms with van der Waals surface area (Å²) in [6, 6.07) is -0.689. The maximum Gasteiger partial charge on any atom is 0.167 e. The summed E-state index contributed by atoms with van der Waals surface area (Å²) in [5.74, 6) is 0.259. The molecule has 0 amide bonds. The van der Waals surface area contributed by atoms with Crippen LogP contribution in [0.2, 0.25) is 0 Å². The molecule has 6 N–H and O–H groups in total. The van der Waals surface area contributed by atoms with Crippen molar-refractivity contribution in [3.05, 3.63) is 12.7 Å². The predicted octanol–water partition coefficient (Wildman–Crippen LogP) is -2.01. The molecule has 0 saturated carbocycles. The van der Waals surface area contributed by atoms with E-state index < -0.39 is 24.5 Å². The summed E-state index contributed by atoms with van der Waals surface area (Å²) < 4.78 is 7.10. The normalized spacial score (nSPS) is 31.1. The lowest BCUT2D eigenvalue weighted by molar-refractivity contribution is -0.0437. The van der Waals surface area contributed by atoms with E-state index in [0.29, 0.717) is 11.2 Å². The minimum atomic E-state index is -0.952. The monoisotopic (exact) mass is 266 g/mol. The van der Waals surface area contributed by atoms with Crippen molar-refractivity contribution in [1.29, 1.82) is 0 Å². The summed E-state index contributed by atoms with van der Waals surface area (Å²) in [6.07, 6.45) is 0.456. The van der Waals surface area contributed by atoms with Crippen LogP contribution in [0.25, 0.3) is 11.2 Å². The molecule has 1 aliphatic rings. The zero-order chi connectivity index (χ0) is 13.6. The molecule has 3 rings (SSSR count). The Balaban J connectivity index is 2.04. The second-order valence-corrected chi connectivity index (χ2v) is 4.40. The Hall–Kier alpha value is -1.81. The van der Waals surface area contributed by atoms with E-state index in [2.05, 4.69) is 15.0 Å². The van der Waals surface area contributed by atoms with Gasteiger partial charge in [0.2, 0.25) is 0 Å². The first-order valence-corrected chi connectivity index (χ1v) is 5.76. The fraction of sp³-hybridized carbons (Fsp3) is 0.500. The number of aromatic nitrogens is 4. The molecule has 9 nitrogen and oxygen atoms in total. The number of ether oxygens (including phenoxy) is 1. The van der Waals surface area contributed by atoms with Crippen LogP contribution in [0.5, 0.6) is 0 Å². The number of anilines is 1. The van der Waals surface area contributed by atoms with Crippen molar-refractivity contribution in [2.45, 2.75) is 24.5 Å². The van der Waals surface area contributed by atoms with Gasteiger partial charge in [-0.15, -0.1) is 0 Å². The molecule has 1 saturated heterocycles. The molecular formula is C10H14N6O3. The van der Waals surface area contributed by atoms with Gasteiger partial charge >= 0.3 is 0 Å². The van der Waals surface area contributed by atoms with Crippen LogP contribution in [-0.4, -0.2) is 54.6 Å². The Morgan fingerprint density at radius 1 is 1.37 bits per heavy atom. The largest absolute Gasteiger partial charge is 0.394 e. The van der Waals surface area contributed by atoms with Crippen LogP contribution < -0.4 is 11.5 Å². The fourth-order valence-corrected chi connectivity index (χ4v) is 2.23. The standard InChI is InChI=1S/C10H14N6O3/c11-5-7(18)4(1-17)19-10(5)16-3-15-6-8(12)13-2-14-9(6)16/h2-5,7,10,17-18H,1,11H2,(H2,12,13,14)/t4-,5+,7+,10+/m1/s1. The molecule has 2 aromatic rings. The molecule has 2 aromatic heterocycles. The van der Waals surface area contributed by atoms with Crippen LogP contribution in [0.4, 0.5) is 5.82 Å². The van der Waals surface area contributed by atoms with E-state index in [1.807, 2.05) is 0 Å². The summed E-state index contributed by atoms with van der Waals surface area (Å²) >= 11 is 0. The molecule has 1 fully saturated rings. The van der Waals surface area contributed by atoms with Gasteiger partial charge in [0, 0.05) is 0 Å². The third-order valence-electron chi connectivity index (χ3n) is 3.26. The van der Waals surface area contributed by atoms with Crippen molar-refractivity contribution in [3.8, 4) is 0 Å². The maximum absolute atomic E-state index is 9.85. The van der Waals surface area contributed by atoms with E-state index in [0.717, 1.165) is 0 Å². The number of fused-ring (bicyclic) bond motifs is 1. The molecular weight excluding hydrogens is 252 g/mol. The molecule has 102 valence electrons. The van der Waals surface area contributed by atoms with Crippen LogP contribution in [0.15, 0.2) is 12.7 Å². The summed E-state index contributed by atoms with van der Waals surface area (Å²) in [6.45, 7) is -0.310. The maximum atomic E-state index is 9.85. The number of rotatable bonds is 2. The van der Waals surface area contributed by atoms with E-state index in [-0.39, 0.29) is 12.4 Å². The Morgan fingerprint density at radius 2 is 2.16 bits per heavy atom. The van der Waals surface area contributed by atoms with Gasteiger partial charge in [-0.2, -0.15) is 0 Å². The Bertz CT molecular complexity index is 602. The Kier molecular flexibility index (Phi) is 2.82. The molecule has 0 spiro atoms. The summed E-state index contributed by atoms with van der Waals surface area (Å²) in [4.78, 5) is 12.0. The van der Waals surface area contributed by atoms with Gasteiger partial charge in [0.25, 0.3) is 0 Å². The van der Waals surface area contributed by atoms with Crippen molar-refractivity contribution in [1.82, 2.24) is 19.5 Å². The predicted molar refractivity (Wildman–Crippen MR) is 64.7 cm³/mol. The molecule has 0 radical (unpaired) electrons. The summed E-state index contributed by atoms with van der Waals surface area (Å²) in [5.41, 5.74) is 12.5. The summed E-state index contributed by atoms with van der Waals surface area (Å²) in [5, 5.41) is 19.0. The van der Waals surface area contributed by atoms with Crippen LogP contribution in [0.3, 0.4) is 0 Å². The number of nitrogens with two attached hydrogens (primary N) is 2. The molecule has 3 heterocycles. The quantitative estimate of drug-likeness (QED) is 0.487. The first kappa shape index (κ1) is 12.2. The van der Waals surface area contributed by atoms with Gasteiger partial charge < -0.3 is 26.4 Å². The Labute approximate surface area is 107 Å². The number of hydrogen-bond acceptors (Lipinski definition) is 8. The number of aliphatic hydroxyl groups excluding tert-OH is 2. The van der Waals surface area contributed by atoms with Gasteiger partial charge in [-0.3, -0.25) is 4.57 Å². The SMILES string of the molecule is Nc1ncnc2c1ncn2[C@H]1O[C@H](CO)[C@H](O)[C@@H]1N. The van der Waals surface area contributed by atoms with Gasteiger partial charge in [0.15, 0.2) is 17.7 Å². The highest BCUT2D eigenvalue weighted by Crippen LogP contribution is 2.30. The lowest BCUT2D eigenvalue weighted by Crippen LogP contribution is -2.39. The third kappa shape index (κ3) is 1.75. The average molecular weight is 266 g/mol. The Morgan fingerprint density at radius 3 is 2.84 bits per heavy atom. The number of imidazole rings is 1. The van der Waals surface area contributed by atoms with E-state index in [4.69, 9.17) is 21.3 Å². The molecule has 19 heavy (non-hydrogen) atoms. The summed E-state index contributed by atoms with van der Waals surface area (Å²) in [7, 11) is 0. The lowest BCUT2D eigenvalue weighted by atomic mass is 10.1. The number of nitrogen functional groups attached to an aromatic ring is 1. The van der Waals surface area contributed by atoms with E-state index in [9.17, 15) is 5.11 Å². The second kappa shape index (κ2) is 4.38. The van der Waals surface area contributed by atoms with E-state index in [1.165, 1.54) is 12.7 Å². The molecule has 0 aliphatic carbocycles. The number of aliphatic hydroxyl groups is 2. The molecule has 0 unspecified atom stereocenters. The van der Waals surface area contributed by atoms with Gasteiger partial charge in [-0.25, -0.2) is 15.0 Å². The van der Waals surface area contributed by atoms with Crippen molar-refractivity contribution < 1.29 is 14.9 Å². The first-order valence-electron chi connectivity index (χ1n) is 5.76. The van der Waals surface area contributed by atoms with E-state index in [1.54, 1.807) is 4.57 Å². The smallest absolute Gasteiger partial charge is 0.167 e. The van der Waals surface area contributed by atoms with Crippen LogP contribution in [-0.2, 0) is 4.74 Å². The molecule has 9 heteroatoms. The second-order valence-electron chi connectivity index (χ2n) is 4.40. The highest BCUT2D eigenvalue weighted by atomic mass is 16.5. The highest BCUT2D eigenvalue weighted by Gasteiger charge is 2.42. The van der Waals surface area contributed by atoms with Crippen molar-refractivity contribution in [2.75, 3.05) is 12.3 Å². The fourth-order valence-electron chi connectivity index (χ4n) is 2.23. The molecule has 0 bridgehead atoms. The zero-order valence-corrected chi connectivity index (χ0v) is 9.92. The van der Waals surface area contributed by atoms with Gasteiger partial charge in [0.1, 0.15) is 24.1 Å². The van der Waals surface area contributed by atoms with Crippen molar-refractivity contribution in [2.24, 2.45) is 5.73 Å². The molecule has 0 aromatic carbocycles.